The van der Waals surface area contributed by atoms with Crippen molar-refractivity contribution in [3.63, 3.8) is 0 Å². The number of carbonyl (C=O) groups excluding carboxylic acids is 3. The Morgan fingerprint density at radius 1 is 1.06 bits per heavy atom. The van der Waals surface area contributed by atoms with Crippen LogP contribution in [0.1, 0.15) is 52.7 Å². The lowest BCUT2D eigenvalue weighted by atomic mass is 10.1. The summed E-state index contributed by atoms with van der Waals surface area (Å²) >= 11 is 0. The van der Waals surface area contributed by atoms with E-state index in [1.807, 2.05) is 0 Å². The average Bonchev–Trinajstić information content (AvgIpc) is 3.04. The predicted octanol–water partition coefficient (Wildman–Crippen LogP) is 2.41. The third-order valence-electron chi connectivity index (χ3n) is 5.64. The van der Waals surface area contributed by atoms with E-state index in [1.54, 1.807) is 10.6 Å². The number of rotatable bonds is 5. The molecular formula is C24H24N4O5. The van der Waals surface area contributed by atoms with Crippen molar-refractivity contribution in [2.45, 2.75) is 45.3 Å². The number of nitrogens with two attached hydrogens (primary N) is 1. The molecule has 0 fully saturated rings. The first-order valence-electron chi connectivity index (χ1n) is 10.8. The minimum Gasteiger partial charge on any atom is -0.449 e. The minimum atomic E-state index is -1.07. The monoisotopic (exact) mass is 448 g/mol. The van der Waals surface area contributed by atoms with E-state index >= 15 is 0 Å². The number of aromatic nitrogens is 2. The molecule has 4 rings (SSSR count). The van der Waals surface area contributed by atoms with Gasteiger partial charge in [-0.1, -0.05) is 6.42 Å². The second-order valence-corrected chi connectivity index (χ2v) is 8.01. The van der Waals surface area contributed by atoms with Gasteiger partial charge in [0.05, 0.1) is 16.5 Å². The smallest absolute Gasteiger partial charge is 0.338 e. The van der Waals surface area contributed by atoms with Crippen LogP contribution >= 0.6 is 0 Å². The summed E-state index contributed by atoms with van der Waals surface area (Å²) in [7, 11) is 0. The maximum atomic E-state index is 12.8. The Bertz CT molecular complexity index is 1300. The van der Waals surface area contributed by atoms with Crippen LogP contribution in [-0.2, 0) is 22.5 Å². The van der Waals surface area contributed by atoms with Crippen molar-refractivity contribution in [2.75, 3.05) is 5.32 Å². The Morgan fingerprint density at radius 2 is 1.79 bits per heavy atom. The zero-order valence-electron chi connectivity index (χ0n) is 18.2. The first-order valence-corrected chi connectivity index (χ1v) is 10.8. The van der Waals surface area contributed by atoms with Gasteiger partial charge >= 0.3 is 5.97 Å². The second-order valence-electron chi connectivity index (χ2n) is 8.01. The SMILES string of the molecule is C[C@@H](OC(=O)c1ccc2c(=O)n3c(nc2c1)CCCCC3)C(=O)Nc1ccc(C(N)=O)cc1. The van der Waals surface area contributed by atoms with Crippen LogP contribution in [0.25, 0.3) is 10.9 Å². The standard InChI is InChI=1S/C24H24N4O5/c1-14(22(30)26-17-9-6-15(7-10-17)21(25)29)33-24(32)16-8-11-18-19(13-16)27-20-5-3-2-4-12-28(20)23(18)31/h6-11,13-14H,2-5,12H2,1H3,(H2,25,29)(H,26,30)/t14-/m1/s1. The van der Waals surface area contributed by atoms with Gasteiger partial charge in [-0.25, -0.2) is 9.78 Å². The molecule has 2 amide bonds. The van der Waals surface area contributed by atoms with Crippen LogP contribution in [0.4, 0.5) is 5.69 Å². The van der Waals surface area contributed by atoms with E-state index in [1.165, 1.54) is 43.3 Å². The summed E-state index contributed by atoms with van der Waals surface area (Å²) in [6.45, 7) is 2.11. The number of aryl methyl sites for hydroxylation is 1. The van der Waals surface area contributed by atoms with Crippen LogP contribution in [0.3, 0.4) is 0 Å². The molecule has 9 heteroatoms. The van der Waals surface area contributed by atoms with E-state index in [9.17, 15) is 19.2 Å². The highest BCUT2D eigenvalue weighted by molar-refractivity contribution is 5.99. The fourth-order valence-electron chi connectivity index (χ4n) is 3.79. The lowest BCUT2D eigenvalue weighted by molar-refractivity contribution is -0.123. The molecule has 0 aliphatic carbocycles. The number of amides is 2. The number of hydrogen-bond donors (Lipinski definition) is 2. The van der Waals surface area contributed by atoms with Crippen molar-refractivity contribution >= 4 is 34.4 Å². The van der Waals surface area contributed by atoms with Crippen LogP contribution in [-0.4, -0.2) is 33.4 Å². The number of nitrogens with zero attached hydrogens (tertiary/aromatic N) is 2. The normalized spacial score (nSPS) is 14.1. The first kappa shape index (κ1) is 22.2. The summed E-state index contributed by atoms with van der Waals surface area (Å²) in [5.41, 5.74) is 6.49. The molecule has 0 radical (unpaired) electrons. The van der Waals surface area contributed by atoms with Gasteiger partial charge in [-0.05, 0) is 62.2 Å². The van der Waals surface area contributed by atoms with Crippen molar-refractivity contribution in [3.8, 4) is 0 Å². The molecule has 0 bridgehead atoms. The van der Waals surface area contributed by atoms with E-state index in [2.05, 4.69) is 10.3 Å². The van der Waals surface area contributed by atoms with Crippen molar-refractivity contribution in [1.29, 1.82) is 0 Å². The number of nitrogens with one attached hydrogen (secondary N) is 1. The number of esters is 1. The Labute approximate surface area is 189 Å². The maximum Gasteiger partial charge on any atom is 0.338 e. The average molecular weight is 448 g/mol. The number of benzene rings is 2. The molecule has 3 aromatic rings. The lowest BCUT2D eigenvalue weighted by Gasteiger charge is -2.14. The summed E-state index contributed by atoms with van der Waals surface area (Å²) in [5, 5.41) is 3.06. The maximum absolute atomic E-state index is 12.8. The van der Waals surface area contributed by atoms with Gasteiger partial charge in [-0.2, -0.15) is 0 Å². The molecule has 1 aliphatic rings. The van der Waals surface area contributed by atoms with Crippen LogP contribution in [0, 0.1) is 0 Å². The molecule has 170 valence electrons. The summed E-state index contributed by atoms with van der Waals surface area (Å²) < 4.78 is 7.03. The Kier molecular flexibility index (Phi) is 6.21. The Balaban J connectivity index is 1.48. The molecule has 2 aromatic carbocycles. The molecule has 2 heterocycles. The zero-order valence-corrected chi connectivity index (χ0v) is 18.2. The summed E-state index contributed by atoms with van der Waals surface area (Å²) in [5.74, 6) is -1.07. The topological polar surface area (TPSA) is 133 Å². The van der Waals surface area contributed by atoms with Gasteiger partial charge in [-0.15, -0.1) is 0 Å². The lowest BCUT2D eigenvalue weighted by Crippen LogP contribution is -2.30. The third kappa shape index (κ3) is 4.77. The predicted molar refractivity (Wildman–Crippen MR) is 122 cm³/mol. The van der Waals surface area contributed by atoms with Crippen molar-refractivity contribution in [3.05, 3.63) is 69.8 Å². The van der Waals surface area contributed by atoms with E-state index in [0.29, 0.717) is 28.7 Å². The highest BCUT2D eigenvalue weighted by Gasteiger charge is 2.21. The van der Waals surface area contributed by atoms with Gasteiger partial charge < -0.3 is 15.8 Å². The summed E-state index contributed by atoms with van der Waals surface area (Å²) in [6.07, 6.45) is 2.61. The number of hydrogen-bond acceptors (Lipinski definition) is 6. The molecule has 1 aliphatic heterocycles. The van der Waals surface area contributed by atoms with Crippen LogP contribution in [0.15, 0.2) is 47.3 Å². The number of primary amides is 1. The van der Waals surface area contributed by atoms with E-state index in [0.717, 1.165) is 31.5 Å². The van der Waals surface area contributed by atoms with Gasteiger partial charge in [0.25, 0.3) is 11.5 Å². The van der Waals surface area contributed by atoms with Gasteiger partial charge in [0.2, 0.25) is 5.91 Å². The number of carbonyl (C=O) groups is 3. The van der Waals surface area contributed by atoms with Crippen molar-refractivity contribution in [1.82, 2.24) is 9.55 Å². The van der Waals surface area contributed by atoms with E-state index < -0.39 is 23.9 Å². The van der Waals surface area contributed by atoms with Crippen molar-refractivity contribution in [2.24, 2.45) is 5.73 Å². The molecule has 0 spiro atoms. The highest BCUT2D eigenvalue weighted by Crippen LogP contribution is 2.17. The van der Waals surface area contributed by atoms with Gasteiger partial charge in [0.1, 0.15) is 5.82 Å². The molecular weight excluding hydrogens is 424 g/mol. The first-order chi connectivity index (χ1) is 15.8. The zero-order chi connectivity index (χ0) is 23.5. The minimum absolute atomic E-state index is 0.105. The Hall–Kier alpha value is -4.01. The molecule has 1 aromatic heterocycles. The third-order valence-corrected chi connectivity index (χ3v) is 5.64. The fraction of sp³-hybridized carbons (Fsp3) is 0.292. The largest absolute Gasteiger partial charge is 0.449 e. The fourth-order valence-corrected chi connectivity index (χ4v) is 3.79. The molecule has 0 saturated heterocycles. The van der Waals surface area contributed by atoms with Gasteiger partial charge in [-0.3, -0.25) is 19.0 Å². The number of anilines is 1. The molecule has 1 atom stereocenters. The van der Waals surface area contributed by atoms with Crippen molar-refractivity contribution < 1.29 is 19.1 Å². The van der Waals surface area contributed by atoms with Crippen LogP contribution < -0.4 is 16.6 Å². The molecule has 0 saturated carbocycles. The summed E-state index contributed by atoms with van der Waals surface area (Å²) in [6, 6.07) is 10.6. The number of fused-ring (bicyclic) bond motifs is 2. The molecule has 33 heavy (non-hydrogen) atoms. The highest BCUT2D eigenvalue weighted by atomic mass is 16.5. The molecule has 0 unspecified atom stereocenters. The Morgan fingerprint density at radius 3 is 2.52 bits per heavy atom. The molecule has 9 nitrogen and oxygen atoms in total. The van der Waals surface area contributed by atoms with Gasteiger partial charge in [0, 0.05) is 24.2 Å². The van der Waals surface area contributed by atoms with E-state index in [4.69, 9.17) is 10.5 Å². The quantitative estimate of drug-likeness (QED) is 0.576. The second kappa shape index (κ2) is 9.23. The molecule has 3 N–H and O–H groups in total. The van der Waals surface area contributed by atoms with Gasteiger partial charge in [0.15, 0.2) is 6.10 Å². The number of ether oxygens (including phenoxy) is 1. The van der Waals surface area contributed by atoms with E-state index in [-0.39, 0.29) is 11.1 Å². The van der Waals surface area contributed by atoms with Crippen LogP contribution in [0.5, 0.6) is 0 Å². The summed E-state index contributed by atoms with van der Waals surface area (Å²) in [4.78, 5) is 53.6. The van der Waals surface area contributed by atoms with Crippen LogP contribution in [0.2, 0.25) is 0 Å².